The van der Waals surface area contributed by atoms with Crippen LogP contribution < -0.4 is 0 Å². The van der Waals surface area contributed by atoms with Crippen LogP contribution in [-0.2, 0) is 11.8 Å². The molecule has 0 aliphatic heterocycles. The standard InChI is InChI=1S/C10H10N4O3/c1-14-12-8-6(5-11-16)3-4-7(9(8)13-14)10(15)17-2/h3-5,16H,1-2H3. The molecule has 1 heterocycles. The van der Waals surface area contributed by atoms with Gasteiger partial charge in [-0.15, -0.1) is 0 Å². The molecule has 1 aromatic carbocycles. The highest BCUT2D eigenvalue weighted by molar-refractivity contribution is 6.06. The van der Waals surface area contributed by atoms with E-state index in [9.17, 15) is 4.79 Å². The largest absolute Gasteiger partial charge is 0.465 e. The summed E-state index contributed by atoms with van der Waals surface area (Å²) in [5, 5.41) is 19.7. The molecule has 1 aromatic heterocycles. The molecule has 0 aliphatic carbocycles. The van der Waals surface area contributed by atoms with Gasteiger partial charge in [-0.05, 0) is 6.07 Å². The maximum Gasteiger partial charge on any atom is 0.340 e. The Morgan fingerprint density at radius 2 is 2.18 bits per heavy atom. The van der Waals surface area contributed by atoms with Gasteiger partial charge in [-0.1, -0.05) is 11.2 Å². The van der Waals surface area contributed by atoms with Crippen LogP contribution in [0.1, 0.15) is 15.9 Å². The summed E-state index contributed by atoms with van der Waals surface area (Å²) in [7, 11) is 2.94. The zero-order chi connectivity index (χ0) is 12.4. The Labute approximate surface area is 96.3 Å². The van der Waals surface area contributed by atoms with Crippen molar-refractivity contribution < 1.29 is 14.7 Å². The predicted octanol–water partition coefficient (Wildman–Crippen LogP) is 0.563. The molecule has 88 valence electrons. The minimum atomic E-state index is -0.483. The van der Waals surface area contributed by atoms with Gasteiger partial charge in [0.15, 0.2) is 0 Å². The molecule has 0 saturated carbocycles. The van der Waals surface area contributed by atoms with Crippen LogP contribution in [0.25, 0.3) is 11.0 Å². The Bertz CT molecular complexity index is 603. The number of aryl methyl sites for hydroxylation is 1. The van der Waals surface area contributed by atoms with Crippen molar-refractivity contribution in [3.63, 3.8) is 0 Å². The second kappa shape index (κ2) is 4.20. The molecule has 0 fully saturated rings. The Morgan fingerprint density at radius 3 is 2.82 bits per heavy atom. The molecule has 2 rings (SSSR count). The highest BCUT2D eigenvalue weighted by Crippen LogP contribution is 2.18. The molecular formula is C10H10N4O3. The Hall–Kier alpha value is -2.44. The van der Waals surface area contributed by atoms with Crippen molar-refractivity contribution in [3.05, 3.63) is 23.3 Å². The van der Waals surface area contributed by atoms with Gasteiger partial charge in [-0.3, -0.25) is 0 Å². The van der Waals surface area contributed by atoms with Gasteiger partial charge in [0.2, 0.25) is 0 Å². The molecular weight excluding hydrogens is 224 g/mol. The summed E-state index contributed by atoms with van der Waals surface area (Å²) in [6.07, 6.45) is 1.23. The third-order valence-corrected chi connectivity index (χ3v) is 2.27. The zero-order valence-corrected chi connectivity index (χ0v) is 9.28. The lowest BCUT2D eigenvalue weighted by atomic mass is 10.1. The fourth-order valence-electron chi connectivity index (χ4n) is 1.55. The van der Waals surface area contributed by atoms with Gasteiger partial charge in [0, 0.05) is 12.6 Å². The van der Waals surface area contributed by atoms with Crippen molar-refractivity contribution in [1.29, 1.82) is 0 Å². The molecule has 0 bridgehead atoms. The number of carbonyl (C=O) groups excluding carboxylic acids is 1. The number of fused-ring (bicyclic) bond motifs is 1. The fourth-order valence-corrected chi connectivity index (χ4v) is 1.55. The molecule has 0 amide bonds. The van der Waals surface area contributed by atoms with Crippen LogP contribution in [0, 0.1) is 0 Å². The second-order valence-corrected chi connectivity index (χ2v) is 3.33. The van der Waals surface area contributed by atoms with Crippen LogP contribution in [0.5, 0.6) is 0 Å². The number of nitrogens with zero attached hydrogens (tertiary/aromatic N) is 4. The predicted molar refractivity (Wildman–Crippen MR) is 59.2 cm³/mol. The molecule has 17 heavy (non-hydrogen) atoms. The van der Waals surface area contributed by atoms with Crippen molar-refractivity contribution in [3.8, 4) is 0 Å². The summed E-state index contributed by atoms with van der Waals surface area (Å²) < 4.78 is 4.65. The normalized spacial score (nSPS) is 11.2. The summed E-state index contributed by atoms with van der Waals surface area (Å²) in [5.41, 5.74) is 1.79. The molecule has 1 N–H and O–H groups in total. The van der Waals surface area contributed by atoms with E-state index >= 15 is 0 Å². The van der Waals surface area contributed by atoms with Gasteiger partial charge in [0.05, 0.1) is 18.9 Å². The molecule has 2 aromatic rings. The van der Waals surface area contributed by atoms with E-state index in [1.54, 1.807) is 19.2 Å². The molecule has 0 aliphatic rings. The van der Waals surface area contributed by atoms with Crippen molar-refractivity contribution in [2.75, 3.05) is 7.11 Å². The average Bonchev–Trinajstić information content (AvgIpc) is 2.70. The number of ether oxygens (including phenoxy) is 1. The lowest BCUT2D eigenvalue weighted by molar-refractivity contribution is 0.0602. The second-order valence-electron chi connectivity index (χ2n) is 3.33. The first-order valence-electron chi connectivity index (χ1n) is 4.77. The first-order valence-corrected chi connectivity index (χ1v) is 4.77. The summed E-state index contributed by atoms with van der Waals surface area (Å²) in [5.74, 6) is -0.483. The van der Waals surface area contributed by atoms with Crippen molar-refractivity contribution in [1.82, 2.24) is 15.0 Å². The highest BCUT2D eigenvalue weighted by Gasteiger charge is 2.16. The van der Waals surface area contributed by atoms with Gasteiger partial charge in [0.25, 0.3) is 0 Å². The molecule has 0 atom stereocenters. The van der Waals surface area contributed by atoms with Gasteiger partial charge in [-0.25, -0.2) is 4.79 Å². The van der Waals surface area contributed by atoms with Gasteiger partial charge >= 0.3 is 5.97 Å². The fraction of sp³-hybridized carbons (Fsp3) is 0.200. The number of esters is 1. The van der Waals surface area contributed by atoms with Gasteiger partial charge in [-0.2, -0.15) is 15.0 Å². The number of benzene rings is 1. The molecule has 7 nitrogen and oxygen atoms in total. The summed E-state index contributed by atoms with van der Waals surface area (Å²) >= 11 is 0. The Balaban J connectivity index is 2.74. The lowest BCUT2D eigenvalue weighted by Crippen LogP contribution is -2.03. The van der Waals surface area contributed by atoms with Crippen molar-refractivity contribution in [2.45, 2.75) is 0 Å². The maximum absolute atomic E-state index is 11.5. The van der Waals surface area contributed by atoms with E-state index in [1.165, 1.54) is 18.1 Å². The van der Waals surface area contributed by atoms with E-state index in [0.29, 0.717) is 22.2 Å². The van der Waals surface area contributed by atoms with Crippen LogP contribution >= 0.6 is 0 Å². The van der Waals surface area contributed by atoms with Crippen LogP contribution in [0.15, 0.2) is 17.3 Å². The monoisotopic (exact) mass is 234 g/mol. The van der Waals surface area contributed by atoms with Gasteiger partial charge < -0.3 is 9.94 Å². The SMILES string of the molecule is COC(=O)c1ccc(C=NO)c2nn(C)nc12. The summed E-state index contributed by atoms with van der Waals surface area (Å²) in [4.78, 5) is 12.9. The number of rotatable bonds is 2. The van der Waals surface area contributed by atoms with E-state index < -0.39 is 5.97 Å². The zero-order valence-electron chi connectivity index (χ0n) is 9.28. The molecule has 0 spiro atoms. The smallest absolute Gasteiger partial charge is 0.340 e. The highest BCUT2D eigenvalue weighted by atomic mass is 16.5. The molecule has 0 radical (unpaired) electrons. The van der Waals surface area contributed by atoms with Crippen LogP contribution in [0.2, 0.25) is 0 Å². The van der Waals surface area contributed by atoms with E-state index in [1.807, 2.05) is 0 Å². The summed E-state index contributed by atoms with van der Waals surface area (Å²) in [6, 6.07) is 3.17. The van der Waals surface area contributed by atoms with Crippen LogP contribution in [0.3, 0.4) is 0 Å². The van der Waals surface area contributed by atoms with Gasteiger partial charge in [0.1, 0.15) is 11.0 Å². The Kier molecular flexibility index (Phi) is 2.73. The first kappa shape index (κ1) is 11.1. The number of hydrogen-bond donors (Lipinski definition) is 1. The number of methoxy groups -OCH3 is 1. The minimum Gasteiger partial charge on any atom is -0.465 e. The third-order valence-electron chi connectivity index (χ3n) is 2.27. The maximum atomic E-state index is 11.5. The Morgan fingerprint density at radius 1 is 1.47 bits per heavy atom. The number of aromatic nitrogens is 3. The van der Waals surface area contributed by atoms with E-state index in [2.05, 4.69) is 20.1 Å². The molecule has 7 heteroatoms. The lowest BCUT2D eigenvalue weighted by Gasteiger charge is -2.00. The van der Waals surface area contributed by atoms with E-state index in [-0.39, 0.29) is 0 Å². The van der Waals surface area contributed by atoms with Crippen LogP contribution in [-0.4, -0.2) is 39.5 Å². The average molecular weight is 234 g/mol. The van der Waals surface area contributed by atoms with Crippen LogP contribution in [0.4, 0.5) is 0 Å². The summed E-state index contributed by atoms with van der Waals surface area (Å²) in [6.45, 7) is 0. The van der Waals surface area contributed by atoms with Crippen molar-refractivity contribution >= 4 is 23.2 Å². The first-order chi connectivity index (χ1) is 8.17. The molecule has 0 unspecified atom stereocenters. The number of hydrogen-bond acceptors (Lipinski definition) is 6. The minimum absolute atomic E-state index is 0.325. The van der Waals surface area contributed by atoms with E-state index in [0.717, 1.165) is 0 Å². The topological polar surface area (TPSA) is 89.6 Å². The number of carbonyl (C=O) groups is 1. The third kappa shape index (κ3) is 1.82. The van der Waals surface area contributed by atoms with E-state index in [4.69, 9.17) is 5.21 Å². The quantitative estimate of drug-likeness (QED) is 0.355. The molecule has 0 saturated heterocycles. The van der Waals surface area contributed by atoms with Crippen molar-refractivity contribution in [2.24, 2.45) is 12.2 Å². The number of oxime groups is 1.